The van der Waals surface area contributed by atoms with Gasteiger partial charge in [-0.1, -0.05) is 0 Å². The minimum atomic E-state index is -0.917. The second-order valence-electron chi connectivity index (χ2n) is 13.8. The third-order valence-electron chi connectivity index (χ3n) is 7.78. The molecular formula is C33H44Zr. The molecule has 34 heavy (non-hydrogen) atoms. The van der Waals surface area contributed by atoms with E-state index >= 15 is 0 Å². The summed E-state index contributed by atoms with van der Waals surface area (Å²) in [6, 6.07) is 7.59. The molecule has 0 saturated carbocycles. The predicted molar refractivity (Wildman–Crippen MR) is 146 cm³/mol. The van der Waals surface area contributed by atoms with Crippen molar-refractivity contribution in [3.8, 4) is 11.1 Å². The van der Waals surface area contributed by atoms with Gasteiger partial charge in [0.05, 0.1) is 0 Å². The van der Waals surface area contributed by atoms with Crippen LogP contribution in [-0.4, -0.2) is 0 Å². The summed E-state index contributed by atoms with van der Waals surface area (Å²) in [5.41, 5.74) is 14.4. The van der Waals surface area contributed by atoms with Crippen LogP contribution < -0.4 is 3.27 Å². The monoisotopic (exact) mass is 530 g/mol. The van der Waals surface area contributed by atoms with Gasteiger partial charge in [-0.25, -0.2) is 0 Å². The van der Waals surface area contributed by atoms with E-state index in [1.807, 2.05) is 0 Å². The van der Waals surface area contributed by atoms with Crippen molar-refractivity contribution in [1.82, 2.24) is 0 Å². The van der Waals surface area contributed by atoms with Gasteiger partial charge in [-0.15, -0.1) is 0 Å². The van der Waals surface area contributed by atoms with Gasteiger partial charge in [0.2, 0.25) is 0 Å². The zero-order valence-electron chi connectivity index (χ0n) is 23.7. The zero-order chi connectivity index (χ0) is 25.4. The van der Waals surface area contributed by atoms with Crippen LogP contribution in [0.25, 0.3) is 11.1 Å². The van der Waals surface area contributed by atoms with Crippen LogP contribution in [0.2, 0.25) is 0 Å². The van der Waals surface area contributed by atoms with Gasteiger partial charge in [-0.05, 0) is 0 Å². The third kappa shape index (κ3) is 4.64. The van der Waals surface area contributed by atoms with Crippen LogP contribution in [0.4, 0.5) is 0 Å². The van der Waals surface area contributed by atoms with E-state index in [4.69, 9.17) is 0 Å². The molecule has 2 aliphatic carbocycles. The number of rotatable bonds is 2. The SMILES string of the molecule is Cc1cc2c(cc1C(C)(C)C)-c1cc(C(C)(C)C)c(C)[c]([Zr][C]3=CC(C(C)(C)C)=CC3C)c1C2. The first-order valence-corrected chi connectivity index (χ1v) is 15.5. The molecule has 0 saturated heterocycles. The van der Waals surface area contributed by atoms with E-state index in [0.717, 1.165) is 6.42 Å². The first kappa shape index (κ1) is 25.9. The number of benzene rings is 2. The number of aryl methyl sites for hydroxylation is 1. The van der Waals surface area contributed by atoms with E-state index in [1.165, 1.54) is 33.4 Å². The summed E-state index contributed by atoms with van der Waals surface area (Å²) in [4.78, 5) is 0. The molecule has 0 radical (unpaired) electrons. The average molecular weight is 532 g/mol. The van der Waals surface area contributed by atoms with Crippen LogP contribution in [0.3, 0.4) is 0 Å². The predicted octanol–water partition coefficient (Wildman–Crippen LogP) is 8.68. The summed E-state index contributed by atoms with van der Waals surface area (Å²) >= 11 is -0.917. The summed E-state index contributed by atoms with van der Waals surface area (Å²) in [6.07, 6.45) is 6.22. The Morgan fingerprint density at radius 1 is 0.765 bits per heavy atom. The quantitative estimate of drug-likeness (QED) is 0.310. The van der Waals surface area contributed by atoms with E-state index in [0.29, 0.717) is 5.92 Å². The molecule has 1 unspecified atom stereocenters. The summed E-state index contributed by atoms with van der Waals surface area (Å²) in [5.74, 6) is 0.590. The first-order chi connectivity index (χ1) is 15.5. The molecule has 2 aromatic carbocycles. The van der Waals surface area contributed by atoms with Crippen molar-refractivity contribution < 1.29 is 23.2 Å². The molecule has 0 spiro atoms. The van der Waals surface area contributed by atoms with Crippen molar-refractivity contribution in [2.45, 2.75) is 100 Å². The molecule has 1 atom stereocenters. The third-order valence-corrected chi connectivity index (χ3v) is 12.2. The fourth-order valence-corrected chi connectivity index (χ4v) is 9.58. The number of fused-ring (bicyclic) bond motifs is 3. The Balaban J connectivity index is 1.90. The van der Waals surface area contributed by atoms with E-state index in [2.05, 4.69) is 113 Å². The van der Waals surface area contributed by atoms with Gasteiger partial charge in [0.25, 0.3) is 0 Å². The molecule has 0 N–H and O–H groups in total. The van der Waals surface area contributed by atoms with Crippen molar-refractivity contribution in [3.63, 3.8) is 0 Å². The molecule has 0 bridgehead atoms. The topological polar surface area (TPSA) is 0 Å². The summed E-state index contributed by atoms with van der Waals surface area (Å²) < 4.78 is 3.49. The Labute approximate surface area is 220 Å². The van der Waals surface area contributed by atoms with Crippen LogP contribution in [0.5, 0.6) is 0 Å². The van der Waals surface area contributed by atoms with E-state index in [1.54, 1.807) is 23.2 Å². The number of allylic oxidation sites excluding steroid dienone is 4. The van der Waals surface area contributed by atoms with Crippen molar-refractivity contribution in [2.75, 3.05) is 0 Å². The fraction of sp³-hybridized carbons (Fsp3) is 0.515. The summed E-state index contributed by atoms with van der Waals surface area (Å²) in [7, 11) is 0. The van der Waals surface area contributed by atoms with Crippen molar-refractivity contribution in [2.24, 2.45) is 11.3 Å². The Morgan fingerprint density at radius 3 is 1.88 bits per heavy atom. The molecule has 0 amide bonds. The number of hydrogen-bond acceptors (Lipinski definition) is 0. The van der Waals surface area contributed by atoms with Crippen molar-refractivity contribution in [3.05, 3.63) is 72.6 Å². The second-order valence-corrected chi connectivity index (χ2v) is 17.1. The normalized spacial score (nSPS) is 17.9. The maximum atomic E-state index is 2.58. The van der Waals surface area contributed by atoms with Gasteiger partial charge < -0.3 is 0 Å². The molecule has 180 valence electrons. The molecule has 2 aliphatic rings. The minimum absolute atomic E-state index is 0.151. The molecule has 0 aliphatic heterocycles. The fourth-order valence-electron chi connectivity index (χ4n) is 5.84. The van der Waals surface area contributed by atoms with Crippen LogP contribution >= 0.6 is 0 Å². The van der Waals surface area contributed by atoms with Crippen LogP contribution in [-0.2, 0) is 40.5 Å². The molecular weight excluding hydrogens is 488 g/mol. The molecule has 0 heterocycles. The van der Waals surface area contributed by atoms with Gasteiger partial charge in [-0.2, -0.15) is 0 Å². The summed E-state index contributed by atoms with van der Waals surface area (Å²) in [6.45, 7) is 28.4. The molecule has 1 heteroatoms. The van der Waals surface area contributed by atoms with Gasteiger partial charge in [-0.3, -0.25) is 0 Å². The molecule has 0 fully saturated rings. The van der Waals surface area contributed by atoms with Crippen LogP contribution in [0, 0.1) is 25.2 Å². The van der Waals surface area contributed by atoms with Crippen LogP contribution in [0.1, 0.15) is 103 Å². The van der Waals surface area contributed by atoms with Gasteiger partial charge in [0, 0.05) is 0 Å². The Bertz CT molecular complexity index is 1210. The van der Waals surface area contributed by atoms with Crippen molar-refractivity contribution in [1.29, 1.82) is 0 Å². The van der Waals surface area contributed by atoms with Crippen molar-refractivity contribution >= 4 is 3.27 Å². The molecule has 4 rings (SSSR count). The van der Waals surface area contributed by atoms with Gasteiger partial charge in [0.1, 0.15) is 0 Å². The Hall–Kier alpha value is -1.20. The van der Waals surface area contributed by atoms with Gasteiger partial charge >= 0.3 is 222 Å². The Morgan fingerprint density at radius 2 is 1.35 bits per heavy atom. The average Bonchev–Trinajstić information content (AvgIpc) is 3.21. The molecule has 0 aromatic heterocycles. The molecule has 2 aromatic rings. The van der Waals surface area contributed by atoms with E-state index in [9.17, 15) is 0 Å². The molecule has 0 nitrogen and oxygen atoms in total. The van der Waals surface area contributed by atoms with E-state index in [-0.39, 0.29) is 16.2 Å². The van der Waals surface area contributed by atoms with Crippen LogP contribution in [0.15, 0.2) is 39.2 Å². The first-order valence-electron chi connectivity index (χ1n) is 13.0. The van der Waals surface area contributed by atoms with E-state index < -0.39 is 23.2 Å². The number of hydrogen-bond donors (Lipinski definition) is 0. The zero-order valence-corrected chi connectivity index (χ0v) is 26.1. The summed E-state index contributed by atoms with van der Waals surface area (Å²) in [5, 5.41) is 0. The maximum absolute atomic E-state index is 2.58. The second kappa shape index (κ2) is 8.44. The standard InChI is InChI=1S/C23H29.C10H15.Zr/c1-14-9-16-11-17-10-15(2)21(23(6,7)8)13-19(17)18(16)12-20(14)22(3,4)5;1-8-5-6-9(7-8)10(2,3)4;/h9,12-13H,11H2,1-8H3;6-8H,1-4H3;. The Kier molecular flexibility index (Phi) is 6.42. The van der Waals surface area contributed by atoms with Gasteiger partial charge in [0.15, 0.2) is 0 Å².